The monoisotopic (exact) mass is 517 g/mol. The van der Waals surface area contributed by atoms with E-state index in [1.807, 2.05) is 18.7 Å². The Labute approximate surface area is 208 Å². The number of pyridine rings is 2. The quantitative estimate of drug-likeness (QED) is 0.491. The van der Waals surface area contributed by atoms with E-state index in [1.165, 1.54) is 48.7 Å². The molecule has 1 amide bonds. The van der Waals surface area contributed by atoms with Gasteiger partial charge in [-0.25, -0.2) is 22.8 Å². The van der Waals surface area contributed by atoms with E-state index in [2.05, 4.69) is 22.2 Å². The number of nitrogens with one attached hydrogen (secondary N) is 1. The van der Waals surface area contributed by atoms with Gasteiger partial charge < -0.3 is 16.0 Å². The number of primary amides is 1. The van der Waals surface area contributed by atoms with E-state index in [0.717, 1.165) is 6.42 Å². The third kappa shape index (κ3) is 4.81. The number of nitrogens with two attached hydrogens (primary N) is 1. The van der Waals surface area contributed by atoms with Crippen molar-refractivity contribution in [2.75, 3.05) is 16.8 Å². The van der Waals surface area contributed by atoms with E-state index in [0.29, 0.717) is 12.5 Å². The molecule has 0 bridgehead atoms. The molecule has 4 rings (SSSR count). The third-order valence-electron chi connectivity index (χ3n) is 5.95. The Morgan fingerprint density at radius 3 is 2.66 bits per heavy atom. The molecule has 1 atom stereocenters. The molecule has 1 aromatic carbocycles. The summed E-state index contributed by atoms with van der Waals surface area (Å²) in [5, 5.41) is 2.75. The van der Waals surface area contributed by atoms with Crippen LogP contribution in [0.25, 0.3) is 0 Å². The van der Waals surface area contributed by atoms with Crippen molar-refractivity contribution < 1.29 is 17.6 Å². The molecule has 2 aromatic heterocycles. The molecule has 184 valence electrons. The number of carbonyl (C=O) groups is 1. The maximum absolute atomic E-state index is 13.6. The summed E-state index contributed by atoms with van der Waals surface area (Å²) >= 11 is 6.10. The van der Waals surface area contributed by atoms with Gasteiger partial charge in [-0.05, 0) is 62.6 Å². The van der Waals surface area contributed by atoms with Gasteiger partial charge in [-0.2, -0.15) is 0 Å². The van der Waals surface area contributed by atoms with Crippen LogP contribution in [-0.2, 0) is 9.84 Å². The van der Waals surface area contributed by atoms with Crippen LogP contribution in [0.4, 0.5) is 21.7 Å². The van der Waals surface area contributed by atoms with Gasteiger partial charge >= 0.3 is 0 Å². The van der Waals surface area contributed by atoms with E-state index < -0.39 is 21.6 Å². The summed E-state index contributed by atoms with van der Waals surface area (Å²) in [4.78, 5) is 22.7. The summed E-state index contributed by atoms with van der Waals surface area (Å²) in [7, 11) is -4.28. The van der Waals surface area contributed by atoms with E-state index in [9.17, 15) is 17.6 Å². The lowest BCUT2D eigenvalue weighted by Crippen LogP contribution is -2.40. The lowest BCUT2D eigenvalue weighted by Gasteiger charge is -2.33. The van der Waals surface area contributed by atoms with Crippen LogP contribution in [0.5, 0.6) is 0 Å². The molecule has 1 aliphatic heterocycles. The average Bonchev–Trinajstić information content (AvgIpc) is 3.07. The minimum atomic E-state index is -4.28. The number of rotatable bonds is 6. The molecule has 3 heterocycles. The normalized spacial score (nSPS) is 17.4. The molecule has 1 fully saturated rings. The minimum Gasteiger partial charge on any atom is -0.365 e. The van der Waals surface area contributed by atoms with Crippen molar-refractivity contribution >= 4 is 44.7 Å². The fourth-order valence-corrected chi connectivity index (χ4v) is 6.10. The topological polar surface area (TPSA) is 118 Å². The van der Waals surface area contributed by atoms with Crippen LogP contribution < -0.4 is 16.0 Å². The molecule has 0 spiro atoms. The van der Waals surface area contributed by atoms with Crippen LogP contribution in [0.15, 0.2) is 58.6 Å². The fourth-order valence-electron chi connectivity index (χ4n) is 4.53. The minimum absolute atomic E-state index is 0.128. The van der Waals surface area contributed by atoms with Gasteiger partial charge in [-0.3, -0.25) is 4.79 Å². The first-order valence-corrected chi connectivity index (χ1v) is 12.8. The number of aromatic nitrogens is 2. The summed E-state index contributed by atoms with van der Waals surface area (Å²) < 4.78 is 40.9. The van der Waals surface area contributed by atoms with Gasteiger partial charge in [0, 0.05) is 18.3 Å². The summed E-state index contributed by atoms with van der Waals surface area (Å²) in [6, 6.07) is 9.30. The number of carbonyl (C=O) groups excluding carboxylic acids is 1. The molecule has 1 aliphatic rings. The summed E-state index contributed by atoms with van der Waals surface area (Å²) in [6.07, 6.45) is 2.20. The average molecular weight is 518 g/mol. The first-order valence-electron chi connectivity index (χ1n) is 10.9. The highest BCUT2D eigenvalue weighted by Crippen LogP contribution is 2.39. The van der Waals surface area contributed by atoms with Gasteiger partial charge in [0.15, 0.2) is 5.03 Å². The molecule has 8 nitrogen and oxygen atoms in total. The second-order valence-corrected chi connectivity index (χ2v) is 11.5. The van der Waals surface area contributed by atoms with Crippen LogP contribution in [0, 0.1) is 11.7 Å². The van der Waals surface area contributed by atoms with E-state index in [4.69, 9.17) is 17.3 Å². The van der Waals surface area contributed by atoms with E-state index in [-0.39, 0.29) is 43.4 Å². The summed E-state index contributed by atoms with van der Waals surface area (Å²) in [6.45, 7) is 6.71. The number of hydrogen-bond donors (Lipinski definition) is 2. The summed E-state index contributed by atoms with van der Waals surface area (Å²) in [5.74, 6) is -0.735. The Morgan fingerprint density at radius 2 is 2.00 bits per heavy atom. The van der Waals surface area contributed by atoms with Gasteiger partial charge in [0.05, 0.1) is 15.6 Å². The van der Waals surface area contributed by atoms with Gasteiger partial charge in [-0.15, -0.1) is 0 Å². The van der Waals surface area contributed by atoms with Gasteiger partial charge in [0.2, 0.25) is 9.84 Å². The van der Waals surface area contributed by atoms with Gasteiger partial charge in [-0.1, -0.05) is 24.6 Å². The number of nitrogens with zero attached hydrogens (tertiary/aromatic N) is 3. The fraction of sp³-hybridized carbons (Fsp3) is 0.292. The zero-order chi connectivity index (χ0) is 25.5. The number of amides is 1. The SMILES string of the molecule is CC1CN(c2nccc(S(=O)(=O)c3cccc(Nc4cc(F)ccc4Cl)n3)c2C(N)=O)C(C)(C)C1. The van der Waals surface area contributed by atoms with Crippen molar-refractivity contribution in [3.05, 3.63) is 65.1 Å². The molecule has 11 heteroatoms. The molecule has 1 saturated heterocycles. The van der Waals surface area contributed by atoms with Crippen molar-refractivity contribution in [1.82, 2.24) is 9.97 Å². The predicted octanol–water partition coefficient (Wildman–Crippen LogP) is 4.57. The van der Waals surface area contributed by atoms with Gasteiger partial charge in [0.25, 0.3) is 5.91 Å². The molecule has 3 N–H and O–H groups in total. The van der Waals surface area contributed by atoms with Crippen LogP contribution >= 0.6 is 11.6 Å². The van der Waals surface area contributed by atoms with Gasteiger partial charge in [0.1, 0.15) is 23.0 Å². The van der Waals surface area contributed by atoms with Crippen molar-refractivity contribution in [2.24, 2.45) is 11.7 Å². The van der Waals surface area contributed by atoms with Crippen molar-refractivity contribution in [1.29, 1.82) is 0 Å². The molecular weight excluding hydrogens is 493 g/mol. The highest BCUT2D eigenvalue weighted by Gasteiger charge is 2.40. The molecule has 35 heavy (non-hydrogen) atoms. The first kappa shape index (κ1) is 24.9. The van der Waals surface area contributed by atoms with Crippen LogP contribution in [0.2, 0.25) is 5.02 Å². The zero-order valence-electron chi connectivity index (χ0n) is 19.4. The number of benzene rings is 1. The highest BCUT2D eigenvalue weighted by atomic mass is 35.5. The molecule has 3 aromatic rings. The molecule has 0 aliphatic carbocycles. The first-order chi connectivity index (χ1) is 16.4. The Morgan fingerprint density at radius 1 is 1.26 bits per heavy atom. The lowest BCUT2D eigenvalue weighted by molar-refractivity contribution is 0.0997. The smallest absolute Gasteiger partial charge is 0.253 e. The Hall–Kier alpha value is -3.24. The standard InChI is InChI=1S/C24H25ClFN5O3S/c1-14-12-24(2,3)31(13-14)23-21(22(27)32)18(9-10-28-23)35(33,34)20-6-4-5-19(30-20)29-17-11-15(26)7-8-16(17)25/h4-11,14H,12-13H2,1-3H3,(H2,27,32)(H,29,30). The maximum Gasteiger partial charge on any atom is 0.253 e. The van der Waals surface area contributed by atoms with Crippen molar-refractivity contribution in [2.45, 2.75) is 42.7 Å². The summed E-state index contributed by atoms with van der Waals surface area (Å²) in [5.41, 5.74) is 5.40. The number of hydrogen-bond acceptors (Lipinski definition) is 7. The van der Waals surface area contributed by atoms with E-state index in [1.54, 1.807) is 0 Å². The van der Waals surface area contributed by atoms with E-state index >= 15 is 0 Å². The number of anilines is 3. The van der Waals surface area contributed by atoms with Crippen LogP contribution in [0.3, 0.4) is 0 Å². The van der Waals surface area contributed by atoms with Crippen molar-refractivity contribution in [3.63, 3.8) is 0 Å². The Bertz CT molecular complexity index is 1410. The molecule has 0 saturated carbocycles. The second-order valence-electron chi connectivity index (χ2n) is 9.22. The number of sulfone groups is 1. The molecule has 1 unspecified atom stereocenters. The van der Waals surface area contributed by atoms with Crippen LogP contribution in [0.1, 0.15) is 37.6 Å². The maximum atomic E-state index is 13.6. The second kappa shape index (κ2) is 9.09. The highest BCUT2D eigenvalue weighted by molar-refractivity contribution is 7.91. The molecule has 0 radical (unpaired) electrons. The Kier molecular flexibility index (Phi) is 6.46. The zero-order valence-corrected chi connectivity index (χ0v) is 21.0. The van der Waals surface area contributed by atoms with Crippen LogP contribution in [-0.4, -0.2) is 36.4 Å². The van der Waals surface area contributed by atoms with Crippen molar-refractivity contribution in [3.8, 4) is 0 Å². The predicted molar refractivity (Wildman–Crippen MR) is 132 cm³/mol. The lowest BCUT2D eigenvalue weighted by atomic mass is 9.97. The molecular formula is C24H25ClFN5O3S. The third-order valence-corrected chi connectivity index (χ3v) is 7.97. The Balaban J connectivity index is 1.79. The number of halogens is 2. The largest absolute Gasteiger partial charge is 0.365 e.